The summed E-state index contributed by atoms with van der Waals surface area (Å²) in [5.41, 5.74) is 0.805. The number of ether oxygens (including phenoxy) is 1. The highest BCUT2D eigenvalue weighted by atomic mass is 35.5. The van der Waals surface area contributed by atoms with Crippen LogP contribution in [0.3, 0.4) is 0 Å². The normalized spacial score (nSPS) is 13.6. The molecule has 26 heavy (non-hydrogen) atoms. The van der Waals surface area contributed by atoms with Crippen molar-refractivity contribution in [1.29, 1.82) is 0 Å². The van der Waals surface area contributed by atoms with Crippen LogP contribution in [0.2, 0.25) is 0 Å². The fourth-order valence-electron chi connectivity index (χ4n) is 2.84. The van der Waals surface area contributed by atoms with Crippen LogP contribution in [0.4, 0.5) is 24.5 Å². The molecular weight excluding hydrogens is 383 g/mol. The molecule has 0 radical (unpaired) electrons. The van der Waals surface area contributed by atoms with Gasteiger partial charge in [0.2, 0.25) is 0 Å². The highest BCUT2D eigenvalue weighted by molar-refractivity contribution is 7.99. The molecule has 7 heteroatoms. The van der Waals surface area contributed by atoms with Crippen LogP contribution in [-0.4, -0.2) is 18.5 Å². The predicted octanol–water partition coefficient (Wildman–Crippen LogP) is 6.72. The first kappa shape index (κ1) is 19.2. The van der Waals surface area contributed by atoms with Gasteiger partial charge in [-0.3, -0.25) is 0 Å². The smallest absolute Gasteiger partial charge is 0.416 e. The minimum absolute atomic E-state index is 0.0515. The van der Waals surface area contributed by atoms with Crippen LogP contribution < -0.4 is 9.64 Å². The molecule has 1 aliphatic rings. The summed E-state index contributed by atoms with van der Waals surface area (Å²) in [6, 6.07) is 9.58. The Labute approximate surface area is 160 Å². The molecule has 0 fully saturated rings. The molecule has 0 saturated carbocycles. The van der Waals surface area contributed by atoms with Gasteiger partial charge in [-0.15, -0.1) is 11.6 Å². The number of hydrogen-bond acceptors (Lipinski definition) is 3. The zero-order chi connectivity index (χ0) is 18.9. The van der Waals surface area contributed by atoms with Crippen molar-refractivity contribution in [2.45, 2.75) is 42.3 Å². The molecule has 1 aliphatic heterocycles. The van der Waals surface area contributed by atoms with Gasteiger partial charge in [0.15, 0.2) is 0 Å². The molecular formula is C19H19ClF3NOS. The third-order valence-electron chi connectivity index (χ3n) is 3.91. The fraction of sp³-hybridized carbons (Fsp3) is 0.368. The molecule has 2 nitrogen and oxygen atoms in total. The third-order valence-corrected chi connectivity index (χ3v) is 5.29. The SMILES string of the molecule is CC(C)Oc1ccc2c(c1)Sc1ccc(C(F)(F)F)cc1N2CCCCl. The summed E-state index contributed by atoms with van der Waals surface area (Å²) in [7, 11) is 0. The van der Waals surface area contributed by atoms with E-state index in [0.29, 0.717) is 24.5 Å². The lowest BCUT2D eigenvalue weighted by molar-refractivity contribution is -0.137. The van der Waals surface area contributed by atoms with Crippen LogP contribution in [-0.2, 0) is 6.18 Å². The average Bonchev–Trinajstić information content (AvgIpc) is 2.56. The summed E-state index contributed by atoms with van der Waals surface area (Å²) >= 11 is 7.29. The Morgan fingerprint density at radius 3 is 2.50 bits per heavy atom. The van der Waals surface area contributed by atoms with Gasteiger partial charge in [-0.05, 0) is 56.7 Å². The zero-order valence-corrected chi connectivity index (χ0v) is 16.0. The standard InChI is InChI=1S/C19H19ClF3NOS/c1-12(2)25-14-5-6-15-18(11-14)26-17-7-4-13(19(21,22)23)10-16(17)24(15)9-3-8-20/h4-7,10-12H,3,8-9H2,1-2H3. The van der Waals surface area contributed by atoms with Crippen molar-refractivity contribution < 1.29 is 17.9 Å². The van der Waals surface area contributed by atoms with Gasteiger partial charge in [0.1, 0.15) is 5.75 Å². The molecule has 2 aromatic rings. The number of hydrogen-bond donors (Lipinski definition) is 0. The minimum Gasteiger partial charge on any atom is -0.491 e. The molecule has 0 atom stereocenters. The second-order valence-electron chi connectivity index (χ2n) is 6.27. The Morgan fingerprint density at radius 2 is 1.85 bits per heavy atom. The molecule has 140 valence electrons. The summed E-state index contributed by atoms with van der Waals surface area (Å²) in [6.07, 6.45) is -3.64. The Hall–Kier alpha value is -1.53. The molecule has 2 aromatic carbocycles. The van der Waals surface area contributed by atoms with E-state index in [1.807, 2.05) is 36.9 Å². The topological polar surface area (TPSA) is 12.5 Å². The van der Waals surface area contributed by atoms with Gasteiger partial charge in [-0.2, -0.15) is 13.2 Å². The number of alkyl halides is 4. The number of fused-ring (bicyclic) bond motifs is 2. The highest BCUT2D eigenvalue weighted by Gasteiger charge is 2.33. The van der Waals surface area contributed by atoms with Gasteiger partial charge in [0, 0.05) is 22.2 Å². The Morgan fingerprint density at radius 1 is 1.08 bits per heavy atom. The van der Waals surface area contributed by atoms with E-state index in [-0.39, 0.29) is 6.10 Å². The molecule has 0 spiro atoms. The van der Waals surface area contributed by atoms with Crippen LogP contribution >= 0.6 is 23.4 Å². The van der Waals surface area contributed by atoms with Crippen LogP contribution in [0.1, 0.15) is 25.8 Å². The van der Waals surface area contributed by atoms with E-state index in [4.69, 9.17) is 16.3 Å². The van der Waals surface area contributed by atoms with E-state index >= 15 is 0 Å². The average molecular weight is 402 g/mol. The second kappa shape index (κ2) is 7.61. The first-order chi connectivity index (χ1) is 12.3. The quantitative estimate of drug-likeness (QED) is 0.516. The maximum Gasteiger partial charge on any atom is 0.416 e. The number of benzene rings is 2. The lowest BCUT2D eigenvalue weighted by Gasteiger charge is -2.33. The molecule has 0 saturated heterocycles. The van der Waals surface area contributed by atoms with Crippen molar-refractivity contribution in [3.63, 3.8) is 0 Å². The van der Waals surface area contributed by atoms with Crippen molar-refractivity contribution in [2.75, 3.05) is 17.3 Å². The number of nitrogens with zero attached hydrogens (tertiary/aromatic N) is 1. The first-order valence-electron chi connectivity index (χ1n) is 8.33. The van der Waals surface area contributed by atoms with Crippen molar-refractivity contribution in [1.82, 2.24) is 0 Å². The van der Waals surface area contributed by atoms with Crippen molar-refractivity contribution in [3.8, 4) is 5.75 Å². The molecule has 0 unspecified atom stereocenters. The van der Waals surface area contributed by atoms with Crippen LogP contribution in [0.5, 0.6) is 5.75 Å². The molecule has 1 heterocycles. The van der Waals surface area contributed by atoms with Gasteiger partial charge in [-0.1, -0.05) is 11.8 Å². The van der Waals surface area contributed by atoms with E-state index in [9.17, 15) is 13.2 Å². The fourth-order valence-corrected chi connectivity index (χ4v) is 4.07. The lowest BCUT2D eigenvalue weighted by atomic mass is 10.1. The number of halogens is 4. The van der Waals surface area contributed by atoms with Gasteiger partial charge in [-0.25, -0.2) is 0 Å². The van der Waals surface area contributed by atoms with E-state index in [1.54, 1.807) is 0 Å². The van der Waals surface area contributed by atoms with Gasteiger partial charge in [0.25, 0.3) is 0 Å². The van der Waals surface area contributed by atoms with E-state index in [1.165, 1.54) is 23.9 Å². The molecule has 0 amide bonds. The molecule has 3 rings (SSSR count). The molecule has 0 aliphatic carbocycles. The Bertz CT molecular complexity index is 795. The molecule has 0 aromatic heterocycles. The van der Waals surface area contributed by atoms with E-state index in [0.717, 1.165) is 27.3 Å². The Balaban J connectivity index is 2.04. The largest absolute Gasteiger partial charge is 0.491 e. The third kappa shape index (κ3) is 4.07. The lowest BCUT2D eigenvalue weighted by Crippen LogP contribution is -2.23. The maximum atomic E-state index is 13.1. The highest BCUT2D eigenvalue weighted by Crippen LogP contribution is 2.50. The van der Waals surface area contributed by atoms with Crippen LogP contribution in [0.25, 0.3) is 0 Å². The minimum atomic E-state index is -4.37. The van der Waals surface area contributed by atoms with Gasteiger partial charge < -0.3 is 9.64 Å². The van der Waals surface area contributed by atoms with Crippen molar-refractivity contribution in [2.24, 2.45) is 0 Å². The summed E-state index contributed by atoms with van der Waals surface area (Å²) < 4.78 is 45.2. The summed E-state index contributed by atoms with van der Waals surface area (Å²) in [4.78, 5) is 3.67. The predicted molar refractivity (Wildman–Crippen MR) is 100 cm³/mol. The van der Waals surface area contributed by atoms with E-state index < -0.39 is 11.7 Å². The maximum absolute atomic E-state index is 13.1. The van der Waals surface area contributed by atoms with Gasteiger partial charge in [0.05, 0.1) is 23.0 Å². The summed E-state index contributed by atoms with van der Waals surface area (Å²) in [5, 5.41) is 0. The zero-order valence-electron chi connectivity index (χ0n) is 14.4. The molecule has 0 bridgehead atoms. The van der Waals surface area contributed by atoms with Crippen LogP contribution in [0, 0.1) is 0 Å². The van der Waals surface area contributed by atoms with Crippen LogP contribution in [0.15, 0.2) is 46.2 Å². The van der Waals surface area contributed by atoms with Gasteiger partial charge >= 0.3 is 6.18 Å². The monoisotopic (exact) mass is 401 g/mol. The summed E-state index contributed by atoms with van der Waals surface area (Å²) in [5.74, 6) is 1.20. The second-order valence-corrected chi connectivity index (χ2v) is 7.73. The first-order valence-corrected chi connectivity index (χ1v) is 9.68. The number of anilines is 2. The Kier molecular flexibility index (Phi) is 5.63. The van der Waals surface area contributed by atoms with Crippen molar-refractivity contribution in [3.05, 3.63) is 42.0 Å². The van der Waals surface area contributed by atoms with Crippen molar-refractivity contribution >= 4 is 34.7 Å². The summed E-state index contributed by atoms with van der Waals surface area (Å²) in [6.45, 7) is 4.45. The molecule has 0 N–H and O–H groups in total. The van der Waals surface area contributed by atoms with E-state index in [2.05, 4.69) is 0 Å². The number of rotatable bonds is 5.